The zero-order valence-corrected chi connectivity index (χ0v) is 12.7. The van der Waals surface area contributed by atoms with Gasteiger partial charge in [-0.15, -0.1) is 0 Å². The van der Waals surface area contributed by atoms with Crippen LogP contribution in [0, 0.1) is 17.8 Å². The van der Waals surface area contributed by atoms with Crippen molar-refractivity contribution < 1.29 is 4.79 Å². The number of H-pyrrole nitrogens is 1. The summed E-state index contributed by atoms with van der Waals surface area (Å²) in [7, 11) is 0. The molecule has 2 heterocycles. The van der Waals surface area contributed by atoms with Gasteiger partial charge in [0.05, 0.1) is 23.3 Å². The fraction of sp³-hybridized carbons (Fsp3) is 0.556. The minimum Gasteiger partial charge on any atom is -0.332 e. The van der Waals surface area contributed by atoms with Gasteiger partial charge in [0, 0.05) is 11.9 Å². The van der Waals surface area contributed by atoms with Crippen LogP contribution in [0.4, 0.5) is 0 Å². The summed E-state index contributed by atoms with van der Waals surface area (Å²) in [5, 5.41) is 8.51. The molecule has 3 fully saturated rings. The van der Waals surface area contributed by atoms with Gasteiger partial charge in [0.2, 0.25) is 0 Å². The maximum atomic E-state index is 12.9. The third-order valence-electron chi connectivity index (χ3n) is 6.17. The smallest absolute Gasteiger partial charge is 0.254 e. The molecule has 3 saturated carbocycles. The molecule has 22 heavy (non-hydrogen) atoms. The lowest BCUT2D eigenvalue weighted by Crippen LogP contribution is -2.43. The van der Waals surface area contributed by atoms with Crippen LogP contribution in [0.1, 0.15) is 48.2 Å². The van der Waals surface area contributed by atoms with Gasteiger partial charge in [0.1, 0.15) is 0 Å². The van der Waals surface area contributed by atoms with Gasteiger partial charge < -0.3 is 4.90 Å². The van der Waals surface area contributed by atoms with Crippen molar-refractivity contribution in [3.63, 3.8) is 0 Å². The number of amides is 1. The van der Waals surface area contributed by atoms with Crippen LogP contribution in [0.5, 0.6) is 0 Å². The number of nitrogens with one attached hydrogen (secondary N) is 1. The number of carbonyl (C=O) groups excluding carboxylic acids is 1. The lowest BCUT2D eigenvalue weighted by Gasteiger charge is -2.44. The van der Waals surface area contributed by atoms with Crippen molar-refractivity contribution in [1.29, 1.82) is 0 Å². The molecule has 0 radical (unpaired) electrons. The molecule has 1 aromatic carbocycles. The molecule has 0 spiro atoms. The monoisotopic (exact) mass is 295 g/mol. The van der Waals surface area contributed by atoms with Crippen molar-refractivity contribution in [1.82, 2.24) is 15.1 Å². The average Bonchev–Trinajstić information content (AvgIpc) is 2.97. The largest absolute Gasteiger partial charge is 0.332 e. The highest BCUT2D eigenvalue weighted by molar-refractivity contribution is 6.08. The summed E-state index contributed by atoms with van der Waals surface area (Å²) >= 11 is 0. The Balaban J connectivity index is 1.44. The van der Waals surface area contributed by atoms with Gasteiger partial charge in [-0.05, 0) is 49.1 Å². The number of fused-ring (bicyclic) bond motifs is 3. The molecule has 4 aliphatic rings. The number of hydrogen-bond donors (Lipinski definition) is 1. The molecule has 114 valence electrons. The van der Waals surface area contributed by atoms with Gasteiger partial charge in [-0.2, -0.15) is 5.10 Å². The van der Waals surface area contributed by atoms with Crippen molar-refractivity contribution in [2.75, 3.05) is 6.54 Å². The van der Waals surface area contributed by atoms with Gasteiger partial charge in [-0.25, -0.2) is 0 Å². The van der Waals surface area contributed by atoms with Gasteiger partial charge in [0.25, 0.3) is 5.91 Å². The van der Waals surface area contributed by atoms with E-state index in [1.54, 1.807) is 0 Å². The fourth-order valence-corrected chi connectivity index (χ4v) is 5.03. The van der Waals surface area contributed by atoms with Crippen molar-refractivity contribution in [3.8, 4) is 0 Å². The fourth-order valence-electron chi connectivity index (χ4n) is 5.03. The molecule has 0 saturated heterocycles. The molecular weight excluding hydrogens is 274 g/mol. The first-order chi connectivity index (χ1) is 10.8. The first-order valence-electron chi connectivity index (χ1n) is 8.55. The molecule has 4 heteroatoms. The number of hydrogen-bond acceptors (Lipinski definition) is 2. The second-order valence-electron chi connectivity index (χ2n) is 7.36. The first-order valence-corrected chi connectivity index (χ1v) is 8.55. The van der Waals surface area contributed by atoms with E-state index < -0.39 is 0 Å². The Kier molecular flexibility index (Phi) is 2.64. The maximum Gasteiger partial charge on any atom is 0.254 e. The van der Waals surface area contributed by atoms with Gasteiger partial charge >= 0.3 is 0 Å². The van der Waals surface area contributed by atoms with Crippen molar-refractivity contribution in [3.05, 3.63) is 29.5 Å². The van der Waals surface area contributed by atoms with E-state index in [1.807, 2.05) is 18.2 Å². The summed E-state index contributed by atoms with van der Waals surface area (Å²) < 4.78 is 0. The van der Waals surface area contributed by atoms with E-state index in [1.165, 1.54) is 32.1 Å². The van der Waals surface area contributed by atoms with Crippen molar-refractivity contribution >= 4 is 16.8 Å². The summed E-state index contributed by atoms with van der Waals surface area (Å²) in [6.45, 7) is 1.62. The van der Waals surface area contributed by atoms with Crippen LogP contribution >= 0.6 is 0 Å². The quantitative estimate of drug-likeness (QED) is 0.923. The minimum atomic E-state index is 0.195. The Morgan fingerprint density at radius 1 is 1.23 bits per heavy atom. The average molecular weight is 295 g/mol. The topological polar surface area (TPSA) is 49.0 Å². The molecule has 3 aliphatic carbocycles. The number of carbonyl (C=O) groups is 1. The van der Waals surface area contributed by atoms with Gasteiger partial charge in [0.15, 0.2) is 0 Å². The van der Waals surface area contributed by atoms with Crippen LogP contribution in [0.15, 0.2) is 18.2 Å². The van der Waals surface area contributed by atoms with E-state index in [-0.39, 0.29) is 5.91 Å². The summed E-state index contributed by atoms with van der Waals surface area (Å²) in [4.78, 5) is 14.9. The summed E-state index contributed by atoms with van der Waals surface area (Å²) in [5.74, 6) is 2.67. The molecule has 1 unspecified atom stereocenters. The van der Waals surface area contributed by atoms with E-state index in [2.05, 4.69) is 15.1 Å². The number of rotatable bonds is 2. The zero-order chi connectivity index (χ0) is 14.7. The van der Waals surface area contributed by atoms with Crippen LogP contribution < -0.4 is 0 Å². The lowest BCUT2D eigenvalue weighted by atomic mass is 9.64. The Morgan fingerprint density at radius 3 is 2.86 bits per heavy atom. The van der Waals surface area contributed by atoms with Crippen molar-refractivity contribution in [2.45, 2.75) is 38.6 Å². The highest BCUT2D eigenvalue weighted by Gasteiger charge is 2.38. The number of nitrogens with zero attached hydrogens (tertiary/aromatic N) is 2. The lowest BCUT2D eigenvalue weighted by molar-refractivity contribution is 0.0478. The Labute approximate surface area is 129 Å². The molecule has 4 nitrogen and oxygen atoms in total. The van der Waals surface area contributed by atoms with Crippen LogP contribution in [0.25, 0.3) is 10.9 Å². The number of aromatic nitrogens is 2. The predicted molar refractivity (Wildman–Crippen MR) is 84.4 cm³/mol. The second-order valence-corrected chi connectivity index (χ2v) is 7.36. The molecule has 6 rings (SSSR count). The second kappa shape index (κ2) is 4.58. The third-order valence-corrected chi connectivity index (χ3v) is 6.17. The van der Waals surface area contributed by atoms with E-state index in [9.17, 15) is 4.79 Å². The third kappa shape index (κ3) is 1.76. The SMILES string of the molecule is O=C1c2cccc3n[nH]c(c23)CN1CC1CC2CCC1CC2. The molecule has 2 bridgehead atoms. The molecule has 1 aromatic heterocycles. The highest BCUT2D eigenvalue weighted by atomic mass is 16.2. The predicted octanol–water partition coefficient (Wildman–Crippen LogP) is 3.35. The molecule has 1 aliphatic heterocycles. The van der Waals surface area contributed by atoms with Crippen LogP contribution in [0.2, 0.25) is 0 Å². The van der Waals surface area contributed by atoms with Gasteiger partial charge in [-0.3, -0.25) is 9.89 Å². The standard InChI is InChI=1S/C18H21N3O/c22-18-14-2-1-3-15-17(14)16(20-19-15)10-21(18)9-13-8-11-4-6-12(13)7-5-11/h1-3,11-13H,4-10H2,(H,19,20). The molecule has 1 N–H and O–H groups in total. The Hall–Kier alpha value is -1.84. The normalized spacial score (nSPS) is 30.3. The first kappa shape index (κ1) is 12.7. The van der Waals surface area contributed by atoms with Crippen LogP contribution in [-0.2, 0) is 6.54 Å². The molecular formula is C18H21N3O. The minimum absolute atomic E-state index is 0.195. The van der Waals surface area contributed by atoms with Crippen molar-refractivity contribution in [2.24, 2.45) is 17.8 Å². The summed E-state index contributed by atoms with van der Waals surface area (Å²) in [6, 6.07) is 5.86. The van der Waals surface area contributed by atoms with E-state index in [0.717, 1.165) is 40.5 Å². The molecule has 1 amide bonds. The van der Waals surface area contributed by atoms with E-state index >= 15 is 0 Å². The molecule has 1 atom stereocenters. The highest BCUT2D eigenvalue weighted by Crippen LogP contribution is 2.45. The summed E-state index contributed by atoms with van der Waals surface area (Å²) in [5.41, 5.74) is 2.84. The Morgan fingerprint density at radius 2 is 2.09 bits per heavy atom. The van der Waals surface area contributed by atoms with E-state index in [4.69, 9.17) is 0 Å². The Bertz CT molecular complexity index is 742. The summed E-state index contributed by atoms with van der Waals surface area (Å²) in [6.07, 6.45) is 6.91. The zero-order valence-electron chi connectivity index (χ0n) is 12.7. The maximum absolute atomic E-state index is 12.9. The number of benzene rings is 1. The van der Waals surface area contributed by atoms with E-state index in [0.29, 0.717) is 12.5 Å². The number of aromatic amines is 1. The van der Waals surface area contributed by atoms with Gasteiger partial charge in [-0.1, -0.05) is 18.9 Å². The van der Waals surface area contributed by atoms with Crippen LogP contribution in [0.3, 0.4) is 0 Å². The molecule has 2 aromatic rings. The van der Waals surface area contributed by atoms with Crippen LogP contribution in [-0.4, -0.2) is 27.5 Å².